The van der Waals surface area contributed by atoms with Gasteiger partial charge < -0.3 is 19.9 Å². The molecule has 1 amide bonds. The van der Waals surface area contributed by atoms with Crippen molar-refractivity contribution in [3.05, 3.63) is 53.9 Å². The number of ether oxygens (including phenoxy) is 1. The summed E-state index contributed by atoms with van der Waals surface area (Å²) in [6.07, 6.45) is 4.57. The molecule has 168 valence electrons. The van der Waals surface area contributed by atoms with E-state index >= 15 is 0 Å². The Bertz CT molecular complexity index is 1090. The molecule has 1 aromatic carbocycles. The van der Waals surface area contributed by atoms with Gasteiger partial charge in [-0.15, -0.1) is 0 Å². The van der Waals surface area contributed by atoms with E-state index in [1.54, 1.807) is 36.4 Å². The molecule has 9 heteroatoms. The number of carbonyl (C=O) groups excluding carboxylic acids is 1. The van der Waals surface area contributed by atoms with Crippen LogP contribution in [0.15, 0.2) is 51.8 Å². The van der Waals surface area contributed by atoms with Crippen molar-refractivity contribution in [2.45, 2.75) is 28.5 Å². The zero-order chi connectivity index (χ0) is 22.7. The number of nitrogens with one attached hydrogen (secondary N) is 1. The van der Waals surface area contributed by atoms with E-state index in [0.29, 0.717) is 11.3 Å². The van der Waals surface area contributed by atoms with E-state index in [4.69, 9.17) is 4.74 Å². The van der Waals surface area contributed by atoms with E-state index < -0.39 is 0 Å². The molecule has 0 radical (unpaired) electrons. The van der Waals surface area contributed by atoms with E-state index in [2.05, 4.69) is 27.2 Å². The first-order valence-corrected chi connectivity index (χ1v) is 12.0. The number of likely N-dealkylation sites (N-methyl/N-ethyl adjacent to an activating group) is 2. The minimum Gasteiger partial charge on any atom is -0.496 e. The van der Waals surface area contributed by atoms with Crippen LogP contribution in [-0.2, 0) is 0 Å². The molecule has 7 nitrogen and oxygen atoms in total. The van der Waals surface area contributed by atoms with Crippen LogP contribution in [0.1, 0.15) is 22.3 Å². The van der Waals surface area contributed by atoms with Gasteiger partial charge in [-0.1, -0.05) is 29.2 Å². The number of methoxy groups -OCH3 is 1. The molecule has 0 aliphatic carbocycles. The van der Waals surface area contributed by atoms with Gasteiger partial charge in [0.25, 0.3) is 5.91 Å². The van der Waals surface area contributed by atoms with E-state index in [9.17, 15) is 4.79 Å². The summed E-state index contributed by atoms with van der Waals surface area (Å²) >= 11 is 3.15. The van der Waals surface area contributed by atoms with E-state index in [1.165, 1.54) is 0 Å². The SMILES string of the molecule is COc1cc(C)c(Sc2cnc(Nc3ccccn3)s2)cc1C(=O)N(C)C1CCN(C)C1. The molecule has 3 heterocycles. The van der Waals surface area contributed by atoms with Gasteiger partial charge in [-0.2, -0.15) is 0 Å². The second-order valence-electron chi connectivity index (χ2n) is 7.87. The van der Waals surface area contributed by atoms with Gasteiger partial charge in [-0.3, -0.25) is 4.79 Å². The number of rotatable bonds is 7. The molecule has 1 saturated heterocycles. The number of hydrogen-bond acceptors (Lipinski definition) is 8. The fourth-order valence-corrected chi connectivity index (χ4v) is 5.66. The summed E-state index contributed by atoms with van der Waals surface area (Å²) in [4.78, 5) is 27.2. The number of thiazole rings is 1. The number of likely N-dealkylation sites (tertiary alicyclic amines) is 1. The van der Waals surface area contributed by atoms with Gasteiger partial charge in [0.2, 0.25) is 0 Å². The third-order valence-electron chi connectivity index (χ3n) is 5.56. The largest absolute Gasteiger partial charge is 0.496 e. The molecular formula is C23H27N5O2S2. The Morgan fingerprint density at radius 2 is 2.19 bits per heavy atom. The van der Waals surface area contributed by atoms with E-state index in [-0.39, 0.29) is 11.9 Å². The lowest BCUT2D eigenvalue weighted by Gasteiger charge is -2.25. The summed E-state index contributed by atoms with van der Waals surface area (Å²) in [7, 11) is 5.59. The molecule has 0 bridgehead atoms. The Labute approximate surface area is 196 Å². The van der Waals surface area contributed by atoms with Crippen molar-refractivity contribution in [1.82, 2.24) is 19.8 Å². The first-order chi connectivity index (χ1) is 15.4. The van der Waals surface area contributed by atoms with Crippen molar-refractivity contribution in [2.75, 3.05) is 39.6 Å². The van der Waals surface area contributed by atoms with Crippen LogP contribution in [0, 0.1) is 6.92 Å². The molecule has 1 aliphatic heterocycles. The van der Waals surface area contributed by atoms with E-state index in [1.807, 2.05) is 55.4 Å². The molecule has 3 aromatic rings. The minimum absolute atomic E-state index is 0.00851. The van der Waals surface area contributed by atoms with Crippen LogP contribution in [-0.4, -0.2) is 66.0 Å². The van der Waals surface area contributed by atoms with Crippen LogP contribution < -0.4 is 10.1 Å². The van der Waals surface area contributed by atoms with Crippen LogP contribution in [0.25, 0.3) is 0 Å². The molecule has 1 N–H and O–H groups in total. The Morgan fingerprint density at radius 1 is 1.34 bits per heavy atom. The summed E-state index contributed by atoms with van der Waals surface area (Å²) in [5, 5.41) is 4.00. The average Bonchev–Trinajstić information content (AvgIpc) is 3.43. The lowest BCUT2D eigenvalue weighted by atomic mass is 10.1. The third kappa shape index (κ3) is 5.06. The first kappa shape index (κ1) is 22.6. The number of aromatic nitrogens is 2. The number of hydrogen-bond donors (Lipinski definition) is 1. The van der Waals surface area contributed by atoms with Crippen molar-refractivity contribution >= 4 is 40.0 Å². The average molecular weight is 470 g/mol. The van der Waals surface area contributed by atoms with Crippen LogP contribution in [0.4, 0.5) is 10.9 Å². The van der Waals surface area contributed by atoms with E-state index in [0.717, 1.165) is 45.1 Å². The number of pyridine rings is 1. The quantitative estimate of drug-likeness (QED) is 0.545. The number of amides is 1. The topological polar surface area (TPSA) is 70.6 Å². The van der Waals surface area contributed by atoms with Crippen LogP contribution >= 0.6 is 23.1 Å². The van der Waals surface area contributed by atoms with Crippen LogP contribution in [0.3, 0.4) is 0 Å². The maximum absolute atomic E-state index is 13.3. The normalized spacial score (nSPS) is 16.2. The lowest BCUT2D eigenvalue weighted by molar-refractivity contribution is 0.0734. The Kier molecular flexibility index (Phi) is 6.98. The number of aryl methyl sites for hydroxylation is 1. The lowest BCUT2D eigenvalue weighted by Crippen LogP contribution is -2.38. The molecule has 1 unspecified atom stereocenters. The number of carbonyl (C=O) groups is 1. The molecular weight excluding hydrogens is 442 g/mol. The van der Waals surface area contributed by atoms with Crippen molar-refractivity contribution in [1.29, 1.82) is 0 Å². The highest BCUT2D eigenvalue weighted by molar-refractivity contribution is 8.01. The Hall–Kier alpha value is -2.62. The maximum atomic E-state index is 13.3. The van der Waals surface area contributed by atoms with Crippen molar-refractivity contribution in [3.63, 3.8) is 0 Å². The summed E-state index contributed by atoms with van der Waals surface area (Å²) < 4.78 is 6.59. The highest BCUT2D eigenvalue weighted by atomic mass is 32.2. The molecule has 1 fully saturated rings. The summed E-state index contributed by atoms with van der Waals surface area (Å²) in [5.74, 6) is 1.36. The minimum atomic E-state index is -0.00851. The van der Waals surface area contributed by atoms with Crippen molar-refractivity contribution in [3.8, 4) is 5.75 Å². The standard InChI is InChI=1S/C23H27N5O2S2/c1-15-11-18(30-4)17(22(29)28(3)16-8-10-27(2)14-16)12-19(15)31-21-13-25-23(32-21)26-20-7-5-6-9-24-20/h5-7,9,11-13,16H,8,10,14H2,1-4H3,(H,24,25,26). The second-order valence-corrected chi connectivity index (χ2v) is 10.2. The second kappa shape index (κ2) is 9.89. The Morgan fingerprint density at radius 3 is 2.88 bits per heavy atom. The highest BCUT2D eigenvalue weighted by Gasteiger charge is 2.29. The van der Waals surface area contributed by atoms with Crippen LogP contribution in [0.2, 0.25) is 0 Å². The predicted octanol–water partition coefficient (Wildman–Crippen LogP) is 4.53. The zero-order valence-corrected chi connectivity index (χ0v) is 20.3. The number of nitrogens with zero attached hydrogens (tertiary/aromatic N) is 4. The van der Waals surface area contributed by atoms with Gasteiger partial charge in [0.1, 0.15) is 11.6 Å². The zero-order valence-electron chi connectivity index (χ0n) is 18.7. The smallest absolute Gasteiger partial charge is 0.257 e. The molecule has 4 rings (SSSR count). The van der Waals surface area contributed by atoms with Crippen LogP contribution in [0.5, 0.6) is 5.75 Å². The van der Waals surface area contributed by atoms with Crippen molar-refractivity contribution < 1.29 is 9.53 Å². The monoisotopic (exact) mass is 469 g/mol. The first-order valence-electron chi connectivity index (χ1n) is 10.4. The molecule has 2 aromatic heterocycles. The van der Waals surface area contributed by atoms with Gasteiger partial charge in [0.15, 0.2) is 5.13 Å². The molecule has 0 saturated carbocycles. The Balaban J connectivity index is 1.54. The molecule has 1 atom stereocenters. The summed E-state index contributed by atoms with van der Waals surface area (Å²) in [6.45, 7) is 3.93. The number of benzene rings is 1. The van der Waals surface area contributed by atoms with Gasteiger partial charge in [0, 0.05) is 30.7 Å². The summed E-state index contributed by atoms with van der Waals surface area (Å²) in [6, 6.07) is 9.82. The predicted molar refractivity (Wildman–Crippen MR) is 129 cm³/mol. The van der Waals surface area contributed by atoms with Gasteiger partial charge >= 0.3 is 0 Å². The molecule has 1 aliphatic rings. The highest BCUT2D eigenvalue weighted by Crippen LogP contribution is 2.39. The fraction of sp³-hybridized carbons (Fsp3) is 0.348. The van der Waals surface area contributed by atoms with Gasteiger partial charge in [0.05, 0.1) is 23.1 Å². The van der Waals surface area contributed by atoms with Crippen molar-refractivity contribution in [2.24, 2.45) is 0 Å². The fourth-order valence-electron chi connectivity index (χ4n) is 3.71. The maximum Gasteiger partial charge on any atom is 0.257 e. The molecule has 0 spiro atoms. The third-order valence-corrected chi connectivity index (χ3v) is 7.73. The van der Waals surface area contributed by atoms with Gasteiger partial charge in [-0.25, -0.2) is 9.97 Å². The molecule has 32 heavy (non-hydrogen) atoms. The summed E-state index contributed by atoms with van der Waals surface area (Å²) in [5.41, 5.74) is 1.65. The number of anilines is 2. The van der Waals surface area contributed by atoms with Gasteiger partial charge in [-0.05, 0) is 56.8 Å².